The van der Waals surface area contributed by atoms with Crippen LogP contribution in [-0.2, 0) is 9.53 Å². The molecule has 1 amide bonds. The lowest BCUT2D eigenvalue weighted by atomic mass is 10.2. The molecule has 2 aromatic rings. The number of fused-ring (bicyclic) bond motifs is 1. The number of ether oxygens (including phenoxy) is 1. The highest BCUT2D eigenvalue weighted by Gasteiger charge is 2.26. The summed E-state index contributed by atoms with van der Waals surface area (Å²) >= 11 is 5.92. The molecule has 0 saturated carbocycles. The average Bonchev–Trinajstić information content (AvgIpc) is 2.79. The largest absolute Gasteiger partial charge is 0.449 e. The fourth-order valence-corrected chi connectivity index (χ4v) is 3.11. The van der Waals surface area contributed by atoms with Gasteiger partial charge < -0.3 is 14.1 Å². The predicted octanol–water partition coefficient (Wildman–Crippen LogP) is 4.03. The molecule has 128 valence electrons. The van der Waals surface area contributed by atoms with Crippen molar-refractivity contribution in [3.8, 4) is 0 Å². The monoisotopic (exact) mass is 349 g/mol. The molecular weight excluding hydrogens is 330 g/mol. The van der Waals surface area contributed by atoms with E-state index in [1.807, 2.05) is 0 Å². The van der Waals surface area contributed by atoms with E-state index < -0.39 is 12.1 Å². The van der Waals surface area contributed by atoms with E-state index in [0.717, 1.165) is 44.2 Å². The molecule has 24 heavy (non-hydrogen) atoms. The normalized spacial score (nSPS) is 16.7. The maximum absolute atomic E-state index is 12.4. The number of nitrogens with zero attached hydrogens (tertiary/aromatic N) is 1. The van der Waals surface area contributed by atoms with Crippen LogP contribution < -0.4 is 0 Å². The minimum atomic E-state index is -0.826. The Morgan fingerprint density at radius 3 is 2.58 bits per heavy atom. The number of carbonyl (C=O) groups excluding carboxylic acids is 2. The number of carbonyl (C=O) groups is 2. The van der Waals surface area contributed by atoms with E-state index in [2.05, 4.69) is 0 Å². The Kier molecular flexibility index (Phi) is 5.09. The lowest BCUT2D eigenvalue weighted by Crippen LogP contribution is -2.40. The number of hydrogen-bond acceptors (Lipinski definition) is 4. The third-order valence-electron chi connectivity index (χ3n) is 4.23. The highest BCUT2D eigenvalue weighted by molar-refractivity contribution is 6.31. The van der Waals surface area contributed by atoms with E-state index in [9.17, 15) is 9.59 Å². The fourth-order valence-electron chi connectivity index (χ4n) is 2.93. The molecule has 0 spiro atoms. The van der Waals surface area contributed by atoms with Gasteiger partial charge in [0, 0.05) is 23.5 Å². The summed E-state index contributed by atoms with van der Waals surface area (Å²) in [6.07, 6.45) is 3.44. The van der Waals surface area contributed by atoms with Gasteiger partial charge in [0.1, 0.15) is 5.58 Å². The van der Waals surface area contributed by atoms with Gasteiger partial charge in [-0.25, -0.2) is 4.79 Å². The molecule has 1 saturated heterocycles. The van der Waals surface area contributed by atoms with Crippen LogP contribution in [0.4, 0.5) is 0 Å². The summed E-state index contributed by atoms with van der Waals surface area (Å²) in [4.78, 5) is 26.5. The molecule has 0 N–H and O–H groups in total. The Bertz CT molecular complexity index is 747. The van der Waals surface area contributed by atoms with Crippen LogP contribution in [0.15, 0.2) is 28.7 Å². The molecule has 1 fully saturated rings. The summed E-state index contributed by atoms with van der Waals surface area (Å²) in [6, 6.07) is 6.67. The van der Waals surface area contributed by atoms with Crippen LogP contribution in [0.1, 0.15) is 43.2 Å². The molecule has 0 unspecified atom stereocenters. The van der Waals surface area contributed by atoms with E-state index in [0.29, 0.717) is 10.6 Å². The first-order valence-corrected chi connectivity index (χ1v) is 8.61. The van der Waals surface area contributed by atoms with Crippen LogP contribution in [0.2, 0.25) is 5.02 Å². The van der Waals surface area contributed by atoms with Gasteiger partial charge in [0.25, 0.3) is 5.91 Å². The smallest absolute Gasteiger partial charge is 0.375 e. The Morgan fingerprint density at radius 1 is 1.17 bits per heavy atom. The SMILES string of the molecule is C[C@H](OC(=O)c1cc2cc(Cl)ccc2o1)C(=O)N1CCCCCC1. The maximum Gasteiger partial charge on any atom is 0.375 e. The number of amides is 1. The van der Waals surface area contributed by atoms with Crippen LogP contribution in [0.3, 0.4) is 0 Å². The Balaban J connectivity index is 1.67. The summed E-state index contributed by atoms with van der Waals surface area (Å²) in [5.74, 6) is -0.717. The summed E-state index contributed by atoms with van der Waals surface area (Å²) in [5.41, 5.74) is 0.554. The van der Waals surface area contributed by atoms with Crippen molar-refractivity contribution in [2.45, 2.75) is 38.7 Å². The molecule has 5 nitrogen and oxygen atoms in total. The van der Waals surface area contributed by atoms with E-state index in [1.54, 1.807) is 36.1 Å². The van der Waals surface area contributed by atoms with Gasteiger partial charge in [0.15, 0.2) is 6.10 Å². The number of benzene rings is 1. The molecule has 2 heterocycles. The van der Waals surface area contributed by atoms with E-state index in [1.165, 1.54) is 0 Å². The number of furan rings is 1. The number of likely N-dealkylation sites (tertiary alicyclic amines) is 1. The predicted molar refractivity (Wildman–Crippen MR) is 91.1 cm³/mol. The molecule has 6 heteroatoms. The molecule has 1 aromatic carbocycles. The number of esters is 1. The van der Waals surface area contributed by atoms with Gasteiger partial charge in [-0.3, -0.25) is 4.79 Å². The molecule has 1 aliphatic rings. The lowest BCUT2D eigenvalue weighted by molar-refractivity contribution is -0.139. The zero-order valence-electron chi connectivity index (χ0n) is 13.6. The molecule has 0 bridgehead atoms. The van der Waals surface area contributed by atoms with E-state index in [-0.39, 0.29) is 11.7 Å². The summed E-state index contributed by atoms with van der Waals surface area (Å²) < 4.78 is 10.8. The van der Waals surface area contributed by atoms with Crippen LogP contribution in [-0.4, -0.2) is 36.0 Å². The summed E-state index contributed by atoms with van der Waals surface area (Å²) in [7, 11) is 0. The van der Waals surface area contributed by atoms with Gasteiger partial charge in [0.05, 0.1) is 0 Å². The number of hydrogen-bond donors (Lipinski definition) is 0. The second-order valence-corrected chi connectivity index (χ2v) is 6.52. The van der Waals surface area contributed by atoms with Gasteiger partial charge >= 0.3 is 5.97 Å². The zero-order valence-corrected chi connectivity index (χ0v) is 14.3. The van der Waals surface area contributed by atoms with Crippen molar-refractivity contribution in [2.75, 3.05) is 13.1 Å². The van der Waals surface area contributed by atoms with Gasteiger partial charge in [-0.05, 0) is 44.0 Å². The van der Waals surface area contributed by atoms with Crippen molar-refractivity contribution in [3.05, 3.63) is 35.0 Å². The molecule has 3 rings (SSSR count). The van der Waals surface area contributed by atoms with Gasteiger partial charge in [-0.1, -0.05) is 24.4 Å². The Morgan fingerprint density at radius 2 is 1.88 bits per heavy atom. The van der Waals surface area contributed by atoms with Crippen molar-refractivity contribution in [1.29, 1.82) is 0 Å². The second-order valence-electron chi connectivity index (χ2n) is 6.08. The Labute approximate surface area is 145 Å². The molecule has 1 aliphatic heterocycles. The van der Waals surface area contributed by atoms with Crippen molar-refractivity contribution in [1.82, 2.24) is 4.90 Å². The first-order valence-electron chi connectivity index (χ1n) is 8.23. The highest BCUT2D eigenvalue weighted by atomic mass is 35.5. The van der Waals surface area contributed by atoms with Crippen molar-refractivity contribution >= 4 is 34.4 Å². The van der Waals surface area contributed by atoms with Crippen molar-refractivity contribution in [3.63, 3.8) is 0 Å². The van der Waals surface area contributed by atoms with Crippen LogP contribution in [0.5, 0.6) is 0 Å². The Hall–Kier alpha value is -2.01. The summed E-state index contributed by atoms with van der Waals surface area (Å²) in [5, 5.41) is 1.29. The summed E-state index contributed by atoms with van der Waals surface area (Å²) in [6.45, 7) is 3.05. The first-order chi connectivity index (χ1) is 11.5. The average molecular weight is 350 g/mol. The highest BCUT2D eigenvalue weighted by Crippen LogP contribution is 2.24. The second kappa shape index (κ2) is 7.26. The van der Waals surface area contributed by atoms with E-state index in [4.69, 9.17) is 20.8 Å². The molecule has 1 atom stereocenters. The topological polar surface area (TPSA) is 59.8 Å². The van der Waals surface area contributed by atoms with Gasteiger partial charge in [-0.15, -0.1) is 0 Å². The van der Waals surface area contributed by atoms with Gasteiger partial charge in [-0.2, -0.15) is 0 Å². The molecular formula is C18H20ClNO4. The number of rotatable bonds is 3. The van der Waals surface area contributed by atoms with Crippen LogP contribution in [0.25, 0.3) is 11.0 Å². The lowest BCUT2D eigenvalue weighted by Gasteiger charge is -2.23. The molecule has 1 aromatic heterocycles. The molecule has 0 aliphatic carbocycles. The number of halogens is 1. The maximum atomic E-state index is 12.4. The first kappa shape index (κ1) is 16.8. The molecule has 0 radical (unpaired) electrons. The van der Waals surface area contributed by atoms with Gasteiger partial charge in [0.2, 0.25) is 5.76 Å². The minimum absolute atomic E-state index is 0.0720. The quantitative estimate of drug-likeness (QED) is 0.785. The fraction of sp³-hybridized carbons (Fsp3) is 0.444. The van der Waals surface area contributed by atoms with Crippen molar-refractivity contribution in [2.24, 2.45) is 0 Å². The minimum Gasteiger partial charge on any atom is -0.449 e. The van der Waals surface area contributed by atoms with E-state index >= 15 is 0 Å². The van der Waals surface area contributed by atoms with Crippen LogP contribution >= 0.6 is 11.6 Å². The third kappa shape index (κ3) is 3.73. The third-order valence-corrected chi connectivity index (χ3v) is 4.46. The zero-order chi connectivity index (χ0) is 17.1. The standard InChI is InChI=1S/C18H20ClNO4/c1-12(17(21)20-8-4-2-3-5-9-20)23-18(22)16-11-13-10-14(19)6-7-15(13)24-16/h6-7,10-12H,2-5,8-9H2,1H3/t12-/m0/s1. The van der Waals surface area contributed by atoms with Crippen LogP contribution in [0, 0.1) is 0 Å². The van der Waals surface area contributed by atoms with Crippen molar-refractivity contribution < 1.29 is 18.7 Å².